The Kier molecular flexibility index (Phi) is 6.49. The summed E-state index contributed by atoms with van der Waals surface area (Å²) in [5.41, 5.74) is 2.46. The second kappa shape index (κ2) is 7.88. The van der Waals surface area contributed by atoms with Crippen LogP contribution in [0.3, 0.4) is 0 Å². The topological polar surface area (TPSA) is 58.2 Å². The Bertz CT molecular complexity index is 409. The summed E-state index contributed by atoms with van der Waals surface area (Å²) >= 11 is 0. The van der Waals surface area contributed by atoms with Crippen LogP contribution in [0.5, 0.6) is 0 Å². The highest BCUT2D eigenvalue weighted by Crippen LogP contribution is 2.16. The maximum atomic E-state index is 10.7. The standard InChI is InChI=1S/2C8H13NO/c2*1-6(2)3-7-4-8(10)9-5-7/h3,7H,4-5H2,1-2H3,(H,9,10);7H,1,3-5H2,2H3,(H,9,10)/t2*7-/m00/s1. The first-order valence-electron chi connectivity index (χ1n) is 7.19. The zero-order valence-electron chi connectivity index (χ0n) is 12.8. The molecule has 20 heavy (non-hydrogen) atoms. The molecule has 2 aliphatic rings. The van der Waals surface area contributed by atoms with E-state index in [1.807, 2.05) is 6.92 Å². The normalized spacial score (nSPS) is 24.4. The molecule has 2 N–H and O–H groups in total. The lowest BCUT2D eigenvalue weighted by Crippen LogP contribution is -2.13. The second-order valence-electron chi connectivity index (χ2n) is 6.05. The van der Waals surface area contributed by atoms with Crippen LogP contribution in [0.25, 0.3) is 0 Å². The number of hydrogen-bond acceptors (Lipinski definition) is 2. The van der Waals surface area contributed by atoms with Gasteiger partial charge in [0, 0.05) is 31.8 Å². The van der Waals surface area contributed by atoms with Crippen LogP contribution in [-0.4, -0.2) is 24.9 Å². The highest BCUT2D eigenvalue weighted by molar-refractivity contribution is 5.78. The van der Waals surface area contributed by atoms with Crippen molar-refractivity contribution in [2.45, 2.75) is 40.0 Å². The highest BCUT2D eigenvalue weighted by Gasteiger charge is 2.20. The Labute approximate surface area is 121 Å². The number of amides is 2. The Balaban J connectivity index is 0.000000200. The summed E-state index contributed by atoms with van der Waals surface area (Å²) in [6.07, 6.45) is 4.49. The number of carbonyl (C=O) groups excluding carboxylic acids is 2. The predicted octanol–water partition coefficient (Wildman–Crippen LogP) is 2.18. The van der Waals surface area contributed by atoms with E-state index >= 15 is 0 Å². The fourth-order valence-corrected chi connectivity index (χ4v) is 2.52. The van der Waals surface area contributed by atoms with Crippen molar-refractivity contribution in [1.82, 2.24) is 10.6 Å². The molecular formula is C16H26N2O2. The van der Waals surface area contributed by atoms with Crippen LogP contribution in [0.15, 0.2) is 23.8 Å². The summed E-state index contributed by atoms with van der Waals surface area (Å²) in [6.45, 7) is 11.6. The summed E-state index contributed by atoms with van der Waals surface area (Å²) in [6, 6.07) is 0. The van der Waals surface area contributed by atoms with Gasteiger partial charge in [0.1, 0.15) is 0 Å². The van der Waals surface area contributed by atoms with E-state index in [2.05, 4.69) is 37.1 Å². The van der Waals surface area contributed by atoms with E-state index in [1.54, 1.807) is 0 Å². The Morgan fingerprint density at radius 2 is 1.75 bits per heavy atom. The minimum Gasteiger partial charge on any atom is -0.356 e. The van der Waals surface area contributed by atoms with Crippen LogP contribution in [0.4, 0.5) is 0 Å². The lowest BCUT2D eigenvalue weighted by atomic mass is 10.0. The van der Waals surface area contributed by atoms with Gasteiger partial charge in [-0.25, -0.2) is 0 Å². The maximum Gasteiger partial charge on any atom is 0.220 e. The Morgan fingerprint density at radius 1 is 1.15 bits per heavy atom. The number of carbonyl (C=O) groups is 2. The maximum absolute atomic E-state index is 10.7. The molecular weight excluding hydrogens is 252 g/mol. The van der Waals surface area contributed by atoms with Crippen molar-refractivity contribution < 1.29 is 9.59 Å². The van der Waals surface area contributed by atoms with Crippen LogP contribution in [0.2, 0.25) is 0 Å². The molecule has 2 rings (SSSR count). The first-order chi connectivity index (χ1) is 9.36. The van der Waals surface area contributed by atoms with Crippen molar-refractivity contribution >= 4 is 11.8 Å². The van der Waals surface area contributed by atoms with Gasteiger partial charge in [0.2, 0.25) is 11.8 Å². The molecule has 0 aromatic carbocycles. The molecule has 0 spiro atoms. The molecule has 2 saturated heterocycles. The van der Waals surface area contributed by atoms with Gasteiger partial charge in [0.25, 0.3) is 0 Å². The fraction of sp³-hybridized carbons (Fsp3) is 0.625. The van der Waals surface area contributed by atoms with Crippen molar-refractivity contribution in [1.29, 1.82) is 0 Å². The first-order valence-corrected chi connectivity index (χ1v) is 7.19. The molecule has 112 valence electrons. The molecule has 0 aromatic rings. The predicted molar refractivity (Wildman–Crippen MR) is 81.1 cm³/mol. The molecule has 2 heterocycles. The second-order valence-corrected chi connectivity index (χ2v) is 6.05. The van der Waals surface area contributed by atoms with Gasteiger partial charge in [-0.1, -0.05) is 17.2 Å². The molecule has 0 saturated carbocycles. The quantitative estimate of drug-likeness (QED) is 0.777. The molecule has 0 aliphatic carbocycles. The molecule has 0 aromatic heterocycles. The van der Waals surface area contributed by atoms with Gasteiger partial charge in [-0.3, -0.25) is 9.59 Å². The molecule has 2 atom stereocenters. The molecule has 0 bridgehead atoms. The third-order valence-electron chi connectivity index (χ3n) is 3.28. The van der Waals surface area contributed by atoms with Gasteiger partial charge in [-0.2, -0.15) is 0 Å². The Morgan fingerprint density at radius 3 is 2.15 bits per heavy atom. The number of hydrogen-bond donors (Lipinski definition) is 2. The third kappa shape index (κ3) is 6.55. The van der Waals surface area contributed by atoms with Gasteiger partial charge in [0.15, 0.2) is 0 Å². The molecule has 0 unspecified atom stereocenters. The van der Waals surface area contributed by atoms with Gasteiger partial charge < -0.3 is 10.6 Å². The van der Waals surface area contributed by atoms with Crippen molar-refractivity contribution in [3.05, 3.63) is 23.8 Å². The monoisotopic (exact) mass is 278 g/mol. The third-order valence-corrected chi connectivity index (χ3v) is 3.28. The van der Waals surface area contributed by atoms with Crippen LogP contribution < -0.4 is 10.6 Å². The lowest BCUT2D eigenvalue weighted by molar-refractivity contribution is -0.120. The average Bonchev–Trinajstić information content (AvgIpc) is 2.87. The largest absolute Gasteiger partial charge is 0.356 e. The number of allylic oxidation sites excluding steroid dienone is 2. The first kappa shape index (κ1) is 16.5. The Hall–Kier alpha value is -1.58. The van der Waals surface area contributed by atoms with E-state index in [0.717, 1.165) is 19.5 Å². The van der Waals surface area contributed by atoms with Crippen LogP contribution in [-0.2, 0) is 9.59 Å². The minimum atomic E-state index is 0.183. The van der Waals surface area contributed by atoms with Crippen molar-refractivity contribution in [3.8, 4) is 0 Å². The van der Waals surface area contributed by atoms with Crippen molar-refractivity contribution in [2.24, 2.45) is 11.8 Å². The zero-order valence-corrected chi connectivity index (χ0v) is 12.8. The number of nitrogens with one attached hydrogen (secondary N) is 2. The van der Waals surface area contributed by atoms with Crippen LogP contribution in [0.1, 0.15) is 40.0 Å². The molecule has 4 heteroatoms. The van der Waals surface area contributed by atoms with Crippen LogP contribution >= 0.6 is 0 Å². The fourth-order valence-electron chi connectivity index (χ4n) is 2.52. The van der Waals surface area contributed by atoms with E-state index in [1.165, 1.54) is 11.1 Å². The van der Waals surface area contributed by atoms with E-state index in [4.69, 9.17) is 0 Å². The summed E-state index contributed by atoms with van der Waals surface area (Å²) in [4.78, 5) is 21.4. The zero-order chi connectivity index (χ0) is 15.1. The van der Waals surface area contributed by atoms with E-state index in [-0.39, 0.29) is 11.8 Å². The lowest BCUT2D eigenvalue weighted by Gasteiger charge is -2.04. The summed E-state index contributed by atoms with van der Waals surface area (Å²) in [5.74, 6) is 1.32. The van der Waals surface area contributed by atoms with E-state index in [9.17, 15) is 9.59 Å². The van der Waals surface area contributed by atoms with Gasteiger partial charge >= 0.3 is 0 Å². The van der Waals surface area contributed by atoms with Crippen LogP contribution in [0, 0.1) is 11.8 Å². The minimum absolute atomic E-state index is 0.183. The summed E-state index contributed by atoms with van der Waals surface area (Å²) in [5, 5.41) is 5.59. The summed E-state index contributed by atoms with van der Waals surface area (Å²) < 4.78 is 0. The molecule has 0 radical (unpaired) electrons. The molecule has 2 aliphatic heterocycles. The van der Waals surface area contributed by atoms with Gasteiger partial charge in [-0.15, -0.1) is 6.58 Å². The molecule has 2 amide bonds. The molecule has 4 nitrogen and oxygen atoms in total. The SMILES string of the molecule is C=C(C)C[C@@H]1CNC(=O)C1.CC(C)=C[C@@H]1CNC(=O)C1. The van der Waals surface area contributed by atoms with Crippen molar-refractivity contribution in [3.63, 3.8) is 0 Å². The van der Waals surface area contributed by atoms with E-state index in [0.29, 0.717) is 24.7 Å². The highest BCUT2D eigenvalue weighted by atomic mass is 16.2. The average molecular weight is 278 g/mol. The van der Waals surface area contributed by atoms with E-state index < -0.39 is 0 Å². The van der Waals surface area contributed by atoms with Crippen molar-refractivity contribution in [2.75, 3.05) is 13.1 Å². The molecule has 2 fully saturated rings. The summed E-state index contributed by atoms with van der Waals surface area (Å²) in [7, 11) is 0. The number of rotatable bonds is 3. The smallest absolute Gasteiger partial charge is 0.220 e. The van der Waals surface area contributed by atoms with Gasteiger partial charge in [0.05, 0.1) is 0 Å². The van der Waals surface area contributed by atoms with Gasteiger partial charge in [-0.05, 0) is 33.1 Å².